The zero-order chi connectivity index (χ0) is 15.8. The number of carbonyl (C=O) groups is 1. The Morgan fingerprint density at radius 1 is 1.43 bits per heavy atom. The lowest BCUT2D eigenvalue weighted by atomic mass is 10.1. The first-order valence-corrected chi connectivity index (χ1v) is 8.57. The Kier molecular flexibility index (Phi) is 4.39. The summed E-state index contributed by atoms with van der Waals surface area (Å²) < 4.78 is 26.6. The Hall–Kier alpha value is -1.40. The number of hydrogen-bond donors (Lipinski definition) is 1. The molecule has 0 amide bonds. The summed E-state index contributed by atoms with van der Waals surface area (Å²) >= 11 is 0. The van der Waals surface area contributed by atoms with Crippen molar-refractivity contribution in [1.82, 2.24) is 4.31 Å². The van der Waals surface area contributed by atoms with Gasteiger partial charge in [-0.25, -0.2) is 13.2 Å². The van der Waals surface area contributed by atoms with Gasteiger partial charge in [-0.1, -0.05) is 13.0 Å². The van der Waals surface area contributed by atoms with Gasteiger partial charge in [-0.2, -0.15) is 4.31 Å². The second-order valence-corrected chi connectivity index (χ2v) is 7.57. The predicted molar refractivity (Wildman–Crippen MR) is 79.9 cm³/mol. The summed E-state index contributed by atoms with van der Waals surface area (Å²) in [4.78, 5) is 11.3. The molecule has 0 aliphatic heterocycles. The Bertz CT molecular complexity index is 650. The Morgan fingerprint density at radius 2 is 2.05 bits per heavy atom. The fraction of sp³-hybridized carbons (Fsp3) is 0.533. The monoisotopic (exact) mass is 311 g/mol. The van der Waals surface area contributed by atoms with E-state index in [1.54, 1.807) is 13.1 Å². The number of aryl methyl sites for hydroxylation is 1. The van der Waals surface area contributed by atoms with Crippen molar-refractivity contribution in [2.45, 2.75) is 44.0 Å². The van der Waals surface area contributed by atoms with E-state index in [0.29, 0.717) is 17.9 Å². The van der Waals surface area contributed by atoms with Gasteiger partial charge in [0.15, 0.2) is 0 Å². The first-order chi connectivity index (χ1) is 9.78. The van der Waals surface area contributed by atoms with Crippen molar-refractivity contribution in [3.63, 3.8) is 0 Å². The second-order valence-electron chi connectivity index (χ2n) is 5.58. The average Bonchev–Trinajstić information content (AvgIpc) is 3.29. The van der Waals surface area contributed by atoms with Crippen molar-refractivity contribution in [3.8, 4) is 0 Å². The normalized spacial score (nSPS) is 17.0. The number of aromatic carboxylic acids is 1. The van der Waals surface area contributed by atoms with Crippen molar-refractivity contribution in [3.05, 3.63) is 29.3 Å². The standard InChI is InChI=1S/C15H21NO4S/c1-4-11-7-8-13(9-14(11)15(17)18)21(19,20)16(3)10(2)12-5-6-12/h7-10,12H,4-6H2,1-3H3,(H,17,18)/t10-/m0/s1. The lowest BCUT2D eigenvalue weighted by molar-refractivity contribution is 0.0695. The molecule has 116 valence electrons. The molecule has 0 bridgehead atoms. The van der Waals surface area contributed by atoms with Gasteiger partial charge in [-0.05, 0) is 49.8 Å². The largest absolute Gasteiger partial charge is 0.478 e. The van der Waals surface area contributed by atoms with Gasteiger partial charge in [-0.3, -0.25) is 0 Å². The third-order valence-corrected chi connectivity index (χ3v) is 6.19. The topological polar surface area (TPSA) is 74.7 Å². The van der Waals surface area contributed by atoms with Gasteiger partial charge in [-0.15, -0.1) is 0 Å². The SMILES string of the molecule is CCc1ccc(S(=O)(=O)N(C)[C@@H](C)C2CC2)cc1C(=O)O. The van der Waals surface area contributed by atoms with E-state index in [4.69, 9.17) is 0 Å². The van der Waals surface area contributed by atoms with Crippen molar-refractivity contribution in [2.24, 2.45) is 5.92 Å². The van der Waals surface area contributed by atoms with E-state index in [-0.39, 0.29) is 16.5 Å². The van der Waals surface area contributed by atoms with E-state index >= 15 is 0 Å². The highest BCUT2D eigenvalue weighted by Gasteiger charge is 2.36. The van der Waals surface area contributed by atoms with Crippen molar-refractivity contribution < 1.29 is 18.3 Å². The van der Waals surface area contributed by atoms with Crippen molar-refractivity contribution in [1.29, 1.82) is 0 Å². The molecule has 6 heteroatoms. The summed E-state index contributed by atoms with van der Waals surface area (Å²) in [5, 5.41) is 9.22. The first-order valence-electron chi connectivity index (χ1n) is 7.13. The summed E-state index contributed by atoms with van der Waals surface area (Å²) in [5.74, 6) is -0.680. The van der Waals surface area contributed by atoms with Crippen LogP contribution in [0.3, 0.4) is 0 Å². The number of carboxylic acids is 1. The minimum Gasteiger partial charge on any atom is -0.478 e. The van der Waals surface area contributed by atoms with Gasteiger partial charge in [0.05, 0.1) is 10.5 Å². The summed E-state index contributed by atoms with van der Waals surface area (Å²) in [6, 6.07) is 4.30. The summed E-state index contributed by atoms with van der Waals surface area (Å²) in [6.07, 6.45) is 2.66. The Balaban J connectivity index is 2.40. The van der Waals surface area contributed by atoms with Crippen LogP contribution >= 0.6 is 0 Å². The average molecular weight is 311 g/mol. The number of rotatable bonds is 6. The Labute approximate surface area is 125 Å². The van der Waals surface area contributed by atoms with Crippen LogP contribution in [0.4, 0.5) is 0 Å². The third kappa shape index (κ3) is 3.11. The molecule has 5 nitrogen and oxygen atoms in total. The number of nitrogens with zero attached hydrogens (tertiary/aromatic N) is 1. The highest BCUT2D eigenvalue weighted by molar-refractivity contribution is 7.89. The molecule has 0 spiro atoms. The van der Waals surface area contributed by atoms with Crippen LogP contribution in [0.25, 0.3) is 0 Å². The molecule has 0 aromatic heterocycles. The number of sulfonamides is 1. The molecule has 0 heterocycles. The van der Waals surface area contributed by atoms with Gasteiger partial charge < -0.3 is 5.11 Å². The van der Waals surface area contributed by atoms with Crippen LogP contribution in [-0.2, 0) is 16.4 Å². The number of benzene rings is 1. The van der Waals surface area contributed by atoms with Crippen LogP contribution in [0.1, 0.15) is 42.6 Å². The third-order valence-electron chi connectivity index (χ3n) is 4.25. The van der Waals surface area contributed by atoms with Gasteiger partial charge in [0, 0.05) is 13.1 Å². The van der Waals surface area contributed by atoms with Crippen LogP contribution in [-0.4, -0.2) is 36.9 Å². The predicted octanol–water partition coefficient (Wildman–Crippen LogP) is 2.37. The molecule has 1 atom stereocenters. The van der Waals surface area contributed by atoms with Crippen LogP contribution in [0, 0.1) is 5.92 Å². The molecule has 21 heavy (non-hydrogen) atoms. The smallest absolute Gasteiger partial charge is 0.336 e. The molecular weight excluding hydrogens is 290 g/mol. The van der Waals surface area contributed by atoms with Crippen molar-refractivity contribution in [2.75, 3.05) is 7.05 Å². The minimum absolute atomic E-state index is 0.0482. The first kappa shape index (κ1) is 16.0. The van der Waals surface area contributed by atoms with Crippen LogP contribution in [0.5, 0.6) is 0 Å². The van der Waals surface area contributed by atoms with E-state index in [2.05, 4.69) is 0 Å². The molecule has 1 aliphatic rings. The van der Waals surface area contributed by atoms with E-state index in [1.807, 2.05) is 13.8 Å². The zero-order valence-corrected chi connectivity index (χ0v) is 13.4. The molecule has 1 saturated carbocycles. The summed E-state index contributed by atoms with van der Waals surface area (Å²) in [5.41, 5.74) is 0.699. The minimum atomic E-state index is -3.65. The van der Waals surface area contributed by atoms with Gasteiger partial charge >= 0.3 is 5.97 Å². The molecule has 2 rings (SSSR count). The maximum Gasteiger partial charge on any atom is 0.336 e. The fourth-order valence-electron chi connectivity index (χ4n) is 2.48. The molecule has 1 N–H and O–H groups in total. The lowest BCUT2D eigenvalue weighted by Crippen LogP contribution is -2.36. The van der Waals surface area contributed by atoms with Crippen LogP contribution in [0.15, 0.2) is 23.1 Å². The molecule has 1 fully saturated rings. The summed E-state index contributed by atoms with van der Waals surface area (Å²) in [7, 11) is -2.09. The van der Waals surface area contributed by atoms with Crippen LogP contribution < -0.4 is 0 Å². The van der Waals surface area contributed by atoms with Gasteiger partial charge in [0.2, 0.25) is 10.0 Å². The molecule has 1 aliphatic carbocycles. The van der Waals surface area contributed by atoms with E-state index in [0.717, 1.165) is 12.8 Å². The van der Waals surface area contributed by atoms with E-state index in [9.17, 15) is 18.3 Å². The molecular formula is C15H21NO4S. The molecule has 0 radical (unpaired) electrons. The summed E-state index contributed by atoms with van der Waals surface area (Å²) in [6.45, 7) is 3.74. The molecule has 1 aromatic carbocycles. The second kappa shape index (κ2) is 5.77. The number of carboxylic acid groups (broad SMARTS) is 1. The molecule has 1 aromatic rings. The maximum atomic E-state index is 12.6. The highest BCUT2D eigenvalue weighted by atomic mass is 32.2. The number of hydrogen-bond acceptors (Lipinski definition) is 3. The lowest BCUT2D eigenvalue weighted by Gasteiger charge is -2.24. The fourth-order valence-corrected chi connectivity index (χ4v) is 3.93. The van der Waals surface area contributed by atoms with E-state index in [1.165, 1.54) is 16.4 Å². The molecule has 0 saturated heterocycles. The highest BCUT2D eigenvalue weighted by Crippen LogP contribution is 2.36. The zero-order valence-electron chi connectivity index (χ0n) is 12.5. The maximum absolute atomic E-state index is 12.6. The van der Waals surface area contributed by atoms with E-state index < -0.39 is 16.0 Å². The Morgan fingerprint density at radius 3 is 2.52 bits per heavy atom. The quantitative estimate of drug-likeness (QED) is 0.875. The van der Waals surface area contributed by atoms with Crippen LogP contribution in [0.2, 0.25) is 0 Å². The van der Waals surface area contributed by atoms with Gasteiger partial charge in [0.1, 0.15) is 0 Å². The van der Waals surface area contributed by atoms with Gasteiger partial charge in [0.25, 0.3) is 0 Å². The molecule has 0 unspecified atom stereocenters. The van der Waals surface area contributed by atoms with Crippen molar-refractivity contribution >= 4 is 16.0 Å².